The van der Waals surface area contributed by atoms with Crippen LogP contribution in [-0.4, -0.2) is 29.2 Å². The Kier molecular flexibility index (Phi) is 7.72. The van der Waals surface area contributed by atoms with Gasteiger partial charge in [0.05, 0.1) is 49.8 Å². The Labute approximate surface area is 451 Å². The largest absolute Gasteiger partial charge is 0.302 e. The molecule has 0 amide bonds. The summed E-state index contributed by atoms with van der Waals surface area (Å²) in [6.45, 7) is -0.255. The molecule has 15 aromatic rings. The Morgan fingerprint density at radius 3 is 1.34 bits per heavy atom. The van der Waals surface area contributed by atoms with Crippen LogP contribution in [0.3, 0.4) is 0 Å². The zero-order valence-electron chi connectivity index (χ0n) is 42.2. The first-order valence-electron chi connectivity index (χ1n) is 27.0. The molecule has 4 aliphatic rings. The Balaban J connectivity index is 0.959. The van der Waals surface area contributed by atoms with Gasteiger partial charge in [-0.1, -0.05) is 146 Å². The summed E-state index contributed by atoms with van der Waals surface area (Å²) in [7, 11) is 0. The molecule has 0 saturated heterocycles. The molecule has 9 nitrogen and oxygen atoms in total. The van der Waals surface area contributed by atoms with Gasteiger partial charge in [0.1, 0.15) is 0 Å². The van der Waals surface area contributed by atoms with Gasteiger partial charge < -0.3 is 4.57 Å². The van der Waals surface area contributed by atoms with Crippen LogP contribution in [0.1, 0.15) is 0 Å². The van der Waals surface area contributed by atoms with Crippen molar-refractivity contribution in [2.24, 2.45) is 0 Å². The van der Waals surface area contributed by atoms with Crippen molar-refractivity contribution >= 4 is 132 Å². The van der Waals surface area contributed by atoms with E-state index >= 15 is 14.4 Å². The highest BCUT2D eigenvalue weighted by Gasteiger charge is 2.42. The average Bonchev–Trinajstić information content (AvgIpc) is 3.22. The van der Waals surface area contributed by atoms with E-state index in [4.69, 9.17) is 0 Å². The van der Waals surface area contributed by atoms with Gasteiger partial charge in [-0.05, 0) is 127 Å². The highest BCUT2D eigenvalue weighted by Crippen LogP contribution is 2.46. The van der Waals surface area contributed by atoms with Crippen molar-refractivity contribution in [1.29, 1.82) is 0 Å². The molecule has 4 aromatic heterocycles. The number of para-hydroxylation sites is 4. The molecule has 0 atom stereocenters. The first-order valence-corrected chi connectivity index (χ1v) is 27.0. The molecule has 10 heteroatoms. The van der Waals surface area contributed by atoms with Crippen LogP contribution in [0.4, 0.5) is 0 Å². The van der Waals surface area contributed by atoms with Crippen LogP contribution in [0, 0.1) is 0 Å². The molecule has 0 saturated carbocycles. The third-order valence-electron chi connectivity index (χ3n) is 18.0. The number of hydrogen-bond donors (Lipinski definition) is 0. The molecule has 11 aromatic carbocycles. The summed E-state index contributed by atoms with van der Waals surface area (Å²) in [6.07, 6.45) is 0. The topological polar surface area (TPSA) is 91.9 Å². The Bertz CT molecular complexity index is 5860. The normalized spacial score (nSPS) is 12.9. The van der Waals surface area contributed by atoms with E-state index in [-0.39, 0.29) is 28.9 Å². The number of benzene rings is 11. The van der Waals surface area contributed by atoms with E-state index in [1.54, 1.807) is 0 Å². The first-order chi connectivity index (χ1) is 39.4. The van der Waals surface area contributed by atoms with E-state index in [0.717, 1.165) is 137 Å². The minimum Gasteiger partial charge on any atom is -0.302 e. The number of aromatic nitrogens is 5. The summed E-state index contributed by atoms with van der Waals surface area (Å²) in [5.74, 6) is 0. The summed E-state index contributed by atoms with van der Waals surface area (Å²) in [5.41, 5.74) is 15.0. The fraction of sp³-hybridized carbons (Fsp3) is 0. The van der Waals surface area contributed by atoms with E-state index in [9.17, 15) is 4.79 Å². The third kappa shape index (κ3) is 4.89. The van der Waals surface area contributed by atoms with Gasteiger partial charge in [-0.3, -0.25) is 37.1 Å². The molecule has 8 heterocycles. The van der Waals surface area contributed by atoms with Crippen molar-refractivity contribution in [2.45, 2.75) is 0 Å². The number of fused-ring (bicyclic) bond motifs is 19. The SMILES string of the molecule is O=c1c2ccccc2c2c(-c3ccc(-c4cc5c6ccccc6c(=O)n6c7ccc8c9ccccc9c(=O)n9c%10ccccc%10n(c(c4)c56)-c7c89)cc3)c3c4ccccc4c(=O)n4c3c3c2n1-c1ccccc1B3c1ccccc1-4. The lowest BCUT2D eigenvalue weighted by molar-refractivity contribution is 1.05. The lowest BCUT2D eigenvalue weighted by Gasteiger charge is -2.36. The van der Waals surface area contributed by atoms with Crippen LogP contribution in [0.5, 0.6) is 0 Å². The summed E-state index contributed by atoms with van der Waals surface area (Å²) >= 11 is 0. The predicted octanol–water partition coefficient (Wildman–Crippen LogP) is 11.7. The van der Waals surface area contributed by atoms with E-state index in [2.05, 4.69) is 89.5 Å². The minimum atomic E-state index is -0.255. The van der Waals surface area contributed by atoms with Crippen LogP contribution in [0.2, 0.25) is 0 Å². The zero-order chi connectivity index (χ0) is 52.5. The van der Waals surface area contributed by atoms with Crippen LogP contribution in [-0.2, 0) is 0 Å². The van der Waals surface area contributed by atoms with Gasteiger partial charge >= 0.3 is 0 Å². The first kappa shape index (κ1) is 42.3. The van der Waals surface area contributed by atoms with Gasteiger partial charge in [-0.2, -0.15) is 0 Å². The molecule has 0 fully saturated rings. The smallest absolute Gasteiger partial charge is 0.263 e. The molecule has 0 N–H and O–H groups in total. The molecule has 0 spiro atoms. The van der Waals surface area contributed by atoms with Crippen molar-refractivity contribution in [3.05, 3.63) is 260 Å². The second-order valence-corrected chi connectivity index (χ2v) is 21.7. The van der Waals surface area contributed by atoms with Gasteiger partial charge in [-0.15, -0.1) is 0 Å². The minimum absolute atomic E-state index is 0.105. The van der Waals surface area contributed by atoms with Crippen molar-refractivity contribution < 1.29 is 0 Å². The molecular weight excluding hydrogens is 986 g/mol. The molecule has 368 valence electrons. The Morgan fingerprint density at radius 1 is 0.287 bits per heavy atom. The standard InChI is InChI=1S/C70H36BN5O4/c77-67-45-19-5-1-15-40(45)44-33-34-56-64-63(44)75(67)55-28-14-13-27-54(55)72(64)57-36-39(35-49-41-16-2-6-20-46(41)68(78)76(56)62(49)57)37-29-31-38(32-30-37)58-59-42-17-3-7-21-47(42)69(79)73-52-25-11-9-23-50(52)71-51-24-10-12-26-53(51)74-66(61(71)65(59)73)60(58)43-18-4-8-22-48(43)70(74)80/h1-36H. The lowest BCUT2D eigenvalue weighted by atomic mass is 9.34. The van der Waals surface area contributed by atoms with E-state index in [1.165, 1.54) is 0 Å². The molecule has 80 heavy (non-hydrogen) atoms. The molecule has 19 rings (SSSR count). The average molecular weight is 1020 g/mol. The van der Waals surface area contributed by atoms with Gasteiger partial charge in [-0.25, -0.2) is 0 Å². The van der Waals surface area contributed by atoms with Crippen LogP contribution < -0.4 is 38.6 Å². The number of pyridine rings is 4. The zero-order valence-corrected chi connectivity index (χ0v) is 42.2. The van der Waals surface area contributed by atoms with Gasteiger partial charge in [0, 0.05) is 60.0 Å². The second-order valence-electron chi connectivity index (χ2n) is 21.7. The van der Waals surface area contributed by atoms with Crippen LogP contribution in [0.25, 0.3) is 148 Å². The Hall–Kier alpha value is -10.8. The van der Waals surface area contributed by atoms with Crippen LogP contribution in [0.15, 0.2) is 238 Å². The molecule has 4 aliphatic heterocycles. The molecule has 0 aliphatic carbocycles. The van der Waals surface area contributed by atoms with Crippen LogP contribution >= 0.6 is 0 Å². The Morgan fingerprint density at radius 2 is 0.750 bits per heavy atom. The number of hydrogen-bond acceptors (Lipinski definition) is 4. The summed E-state index contributed by atoms with van der Waals surface area (Å²) < 4.78 is 9.80. The van der Waals surface area contributed by atoms with Gasteiger partial charge in [0.25, 0.3) is 28.9 Å². The lowest BCUT2D eigenvalue weighted by Crippen LogP contribution is -2.61. The van der Waals surface area contributed by atoms with Crippen molar-refractivity contribution in [2.75, 3.05) is 0 Å². The molecule has 0 bridgehead atoms. The van der Waals surface area contributed by atoms with Gasteiger partial charge in [0.2, 0.25) is 0 Å². The van der Waals surface area contributed by atoms with E-state index in [0.29, 0.717) is 27.1 Å². The monoisotopic (exact) mass is 1020 g/mol. The maximum absolute atomic E-state index is 15.3. The van der Waals surface area contributed by atoms with E-state index in [1.807, 2.05) is 151 Å². The second kappa shape index (κ2) is 14.6. The summed E-state index contributed by atoms with van der Waals surface area (Å²) in [6, 6.07) is 73.3. The quantitative estimate of drug-likeness (QED) is 0.0980. The maximum atomic E-state index is 15.3. The highest BCUT2D eigenvalue weighted by atomic mass is 16.1. The summed E-state index contributed by atoms with van der Waals surface area (Å²) in [5, 5.41) is 9.58. The third-order valence-corrected chi connectivity index (χ3v) is 18.0. The molecule has 0 unspecified atom stereocenters. The number of rotatable bonds is 2. The van der Waals surface area contributed by atoms with E-state index < -0.39 is 0 Å². The van der Waals surface area contributed by atoms with Crippen molar-refractivity contribution in [1.82, 2.24) is 22.5 Å². The summed E-state index contributed by atoms with van der Waals surface area (Å²) in [4.78, 5) is 60.6. The fourth-order valence-electron chi connectivity index (χ4n) is 14.9. The maximum Gasteiger partial charge on any atom is 0.263 e. The van der Waals surface area contributed by atoms with Crippen molar-refractivity contribution in [3.63, 3.8) is 0 Å². The molecule has 0 radical (unpaired) electrons. The van der Waals surface area contributed by atoms with Gasteiger partial charge in [0.15, 0.2) is 0 Å². The van der Waals surface area contributed by atoms with Crippen molar-refractivity contribution in [3.8, 4) is 39.3 Å². The molecular formula is C70H36BN5O4. The fourth-order valence-corrected chi connectivity index (χ4v) is 14.9. The predicted molar refractivity (Wildman–Crippen MR) is 327 cm³/mol. The number of nitrogens with zero attached hydrogens (tertiary/aromatic N) is 5. The highest BCUT2D eigenvalue weighted by molar-refractivity contribution is 7.00.